The maximum absolute atomic E-state index is 13.0. The second kappa shape index (κ2) is 6.71. The van der Waals surface area contributed by atoms with E-state index in [0.29, 0.717) is 39.3 Å². The van der Waals surface area contributed by atoms with Crippen LogP contribution in [0.3, 0.4) is 0 Å². The van der Waals surface area contributed by atoms with Crippen LogP contribution in [0.15, 0.2) is 39.5 Å². The summed E-state index contributed by atoms with van der Waals surface area (Å²) in [6.07, 6.45) is -0.263. The molecule has 2 heterocycles. The van der Waals surface area contributed by atoms with Crippen molar-refractivity contribution in [2.24, 2.45) is 0 Å². The number of rotatable bonds is 3. The smallest absolute Gasteiger partial charge is 0.336 e. The molecule has 4 rings (SSSR count). The molecule has 28 heavy (non-hydrogen) atoms. The second-order valence-corrected chi connectivity index (χ2v) is 6.87. The molecule has 0 saturated carbocycles. The van der Waals surface area contributed by atoms with E-state index in [4.69, 9.17) is 18.6 Å². The van der Waals surface area contributed by atoms with E-state index < -0.39 is 11.7 Å². The lowest BCUT2D eigenvalue weighted by atomic mass is 9.91. The molecule has 1 aromatic heterocycles. The number of ketones is 1. The average Bonchev–Trinajstić information content (AvgIpc) is 2.66. The van der Waals surface area contributed by atoms with E-state index in [0.717, 1.165) is 11.1 Å². The highest BCUT2D eigenvalue weighted by molar-refractivity contribution is 6.07. The third kappa shape index (κ3) is 2.81. The average molecular weight is 380 g/mol. The Bertz CT molecular complexity index is 1160. The summed E-state index contributed by atoms with van der Waals surface area (Å²) in [6, 6.07) is 8.59. The van der Waals surface area contributed by atoms with Crippen molar-refractivity contribution in [3.8, 4) is 17.2 Å². The van der Waals surface area contributed by atoms with Crippen LogP contribution in [-0.4, -0.2) is 20.0 Å². The Morgan fingerprint density at radius 3 is 2.43 bits per heavy atom. The van der Waals surface area contributed by atoms with Crippen molar-refractivity contribution in [3.63, 3.8) is 0 Å². The minimum absolute atomic E-state index is 0.00830. The van der Waals surface area contributed by atoms with Crippen molar-refractivity contribution in [2.75, 3.05) is 14.2 Å². The SMILES string of the molecule is COc1ccc([C@H]2CC(=O)c3c(C)cc4oc(=O)cc(C)c4c3O2)cc1OC. The molecule has 0 fully saturated rings. The van der Waals surface area contributed by atoms with E-state index >= 15 is 0 Å². The van der Waals surface area contributed by atoms with Gasteiger partial charge < -0.3 is 18.6 Å². The molecule has 0 spiro atoms. The van der Waals surface area contributed by atoms with Gasteiger partial charge in [0.2, 0.25) is 0 Å². The van der Waals surface area contributed by atoms with E-state index in [-0.39, 0.29) is 12.2 Å². The lowest BCUT2D eigenvalue weighted by Crippen LogP contribution is -2.22. The summed E-state index contributed by atoms with van der Waals surface area (Å²) < 4.78 is 22.3. The molecule has 0 saturated heterocycles. The first-order valence-electron chi connectivity index (χ1n) is 8.92. The van der Waals surface area contributed by atoms with Crippen LogP contribution in [0.2, 0.25) is 0 Å². The molecule has 2 aromatic carbocycles. The van der Waals surface area contributed by atoms with Crippen LogP contribution in [0, 0.1) is 13.8 Å². The molecule has 0 radical (unpaired) electrons. The van der Waals surface area contributed by atoms with Gasteiger partial charge in [-0.15, -0.1) is 0 Å². The number of Topliss-reactive ketones (excluding diaryl/α,β-unsaturated/α-hetero) is 1. The lowest BCUT2D eigenvalue weighted by molar-refractivity contribution is 0.0852. The number of carbonyl (C=O) groups excluding carboxylic acids is 1. The summed E-state index contributed by atoms with van der Waals surface area (Å²) in [4.78, 5) is 24.7. The highest BCUT2D eigenvalue weighted by Gasteiger charge is 2.32. The Balaban J connectivity index is 1.88. The summed E-state index contributed by atoms with van der Waals surface area (Å²) in [5.41, 5.74) is 2.78. The van der Waals surface area contributed by atoms with Gasteiger partial charge in [-0.1, -0.05) is 6.07 Å². The van der Waals surface area contributed by atoms with Crippen LogP contribution in [-0.2, 0) is 0 Å². The quantitative estimate of drug-likeness (QED) is 0.636. The minimum atomic E-state index is -0.476. The summed E-state index contributed by atoms with van der Waals surface area (Å²) in [5.74, 6) is 1.63. The molecule has 0 aliphatic carbocycles. The van der Waals surface area contributed by atoms with Crippen LogP contribution in [0.1, 0.15) is 39.6 Å². The van der Waals surface area contributed by atoms with Crippen molar-refractivity contribution in [1.29, 1.82) is 0 Å². The Kier molecular flexibility index (Phi) is 4.34. The summed E-state index contributed by atoms with van der Waals surface area (Å²) in [5, 5.41) is 0.652. The highest BCUT2D eigenvalue weighted by atomic mass is 16.5. The zero-order valence-corrected chi connectivity index (χ0v) is 16.1. The van der Waals surface area contributed by atoms with E-state index in [1.165, 1.54) is 6.07 Å². The molecule has 1 aliphatic heterocycles. The fourth-order valence-corrected chi connectivity index (χ4v) is 3.76. The minimum Gasteiger partial charge on any atom is -0.493 e. The van der Waals surface area contributed by atoms with Gasteiger partial charge in [-0.3, -0.25) is 4.79 Å². The number of fused-ring (bicyclic) bond motifs is 3. The van der Waals surface area contributed by atoms with E-state index in [1.54, 1.807) is 26.4 Å². The molecule has 1 atom stereocenters. The van der Waals surface area contributed by atoms with Gasteiger partial charge in [-0.2, -0.15) is 0 Å². The third-order valence-corrected chi connectivity index (χ3v) is 5.07. The Labute approximate surface area is 161 Å². The number of carbonyl (C=O) groups is 1. The topological polar surface area (TPSA) is 75.0 Å². The molecule has 0 unspecified atom stereocenters. The van der Waals surface area contributed by atoms with E-state index in [2.05, 4.69) is 0 Å². The van der Waals surface area contributed by atoms with Gasteiger partial charge in [0.15, 0.2) is 17.3 Å². The van der Waals surface area contributed by atoms with Crippen LogP contribution in [0.5, 0.6) is 17.2 Å². The summed E-state index contributed by atoms with van der Waals surface area (Å²) >= 11 is 0. The molecule has 0 bridgehead atoms. The lowest BCUT2D eigenvalue weighted by Gasteiger charge is -2.28. The van der Waals surface area contributed by atoms with Crippen molar-refractivity contribution in [2.45, 2.75) is 26.4 Å². The number of hydrogen-bond donors (Lipinski definition) is 0. The molecular weight excluding hydrogens is 360 g/mol. The van der Waals surface area contributed by atoms with Gasteiger partial charge in [0.25, 0.3) is 0 Å². The Morgan fingerprint density at radius 1 is 0.964 bits per heavy atom. The second-order valence-electron chi connectivity index (χ2n) is 6.87. The molecule has 6 heteroatoms. The van der Waals surface area contributed by atoms with Crippen molar-refractivity contribution >= 4 is 16.8 Å². The maximum Gasteiger partial charge on any atom is 0.336 e. The molecule has 1 aliphatic rings. The van der Waals surface area contributed by atoms with Crippen LogP contribution < -0.4 is 19.8 Å². The first-order chi connectivity index (χ1) is 13.4. The summed E-state index contributed by atoms with van der Waals surface area (Å²) in [6.45, 7) is 3.63. The molecule has 6 nitrogen and oxygen atoms in total. The molecular formula is C22H20O6. The van der Waals surface area contributed by atoms with Crippen molar-refractivity contribution in [3.05, 3.63) is 63.0 Å². The van der Waals surface area contributed by atoms with Gasteiger partial charge in [-0.25, -0.2) is 4.79 Å². The number of hydrogen-bond acceptors (Lipinski definition) is 6. The normalized spacial score (nSPS) is 15.9. The largest absolute Gasteiger partial charge is 0.493 e. The number of aryl methyl sites for hydroxylation is 2. The Morgan fingerprint density at radius 2 is 1.71 bits per heavy atom. The molecule has 144 valence electrons. The number of benzene rings is 2. The van der Waals surface area contributed by atoms with Crippen LogP contribution in [0.4, 0.5) is 0 Å². The first-order valence-corrected chi connectivity index (χ1v) is 8.92. The van der Waals surface area contributed by atoms with Gasteiger partial charge >= 0.3 is 5.63 Å². The van der Waals surface area contributed by atoms with Crippen LogP contribution >= 0.6 is 0 Å². The van der Waals surface area contributed by atoms with Gasteiger partial charge in [0.1, 0.15) is 17.4 Å². The molecule has 0 N–H and O–H groups in total. The van der Waals surface area contributed by atoms with E-state index in [1.807, 2.05) is 26.0 Å². The zero-order chi connectivity index (χ0) is 20.0. The Hall–Kier alpha value is -3.28. The number of methoxy groups -OCH3 is 2. The first kappa shape index (κ1) is 18.1. The monoisotopic (exact) mass is 380 g/mol. The van der Waals surface area contributed by atoms with Crippen LogP contribution in [0.25, 0.3) is 11.0 Å². The highest BCUT2D eigenvalue weighted by Crippen LogP contribution is 2.43. The van der Waals surface area contributed by atoms with Crippen molar-refractivity contribution < 1.29 is 23.4 Å². The fraction of sp³-hybridized carbons (Fsp3) is 0.273. The molecule has 0 amide bonds. The van der Waals surface area contributed by atoms with Crippen molar-refractivity contribution in [1.82, 2.24) is 0 Å². The van der Waals surface area contributed by atoms with Gasteiger partial charge in [0.05, 0.1) is 31.6 Å². The number of ether oxygens (including phenoxy) is 3. The summed E-state index contributed by atoms with van der Waals surface area (Å²) in [7, 11) is 3.13. The predicted octanol–water partition coefficient (Wildman–Crippen LogP) is 4.13. The van der Waals surface area contributed by atoms with E-state index in [9.17, 15) is 9.59 Å². The molecule has 3 aromatic rings. The predicted molar refractivity (Wildman–Crippen MR) is 104 cm³/mol. The van der Waals surface area contributed by atoms with Gasteiger partial charge in [0, 0.05) is 6.07 Å². The van der Waals surface area contributed by atoms with Gasteiger partial charge in [-0.05, 0) is 48.7 Å². The third-order valence-electron chi connectivity index (χ3n) is 5.07. The zero-order valence-electron chi connectivity index (χ0n) is 16.1. The maximum atomic E-state index is 13.0. The fourth-order valence-electron chi connectivity index (χ4n) is 3.76. The standard InChI is InChI=1S/C22H20O6/c1-11-7-18-21(12(2)8-19(24)27-18)22-20(11)14(23)10-16(28-22)13-5-6-15(25-3)17(9-13)26-4/h5-9,16H,10H2,1-4H3/t16-/m1/s1.